The number of amides is 1. The molecule has 2 fully saturated rings. The maximum atomic E-state index is 12.9. The van der Waals surface area contributed by atoms with Crippen LogP contribution in [0.2, 0.25) is 5.02 Å². The summed E-state index contributed by atoms with van der Waals surface area (Å²) < 4.78 is 64.0. The van der Waals surface area contributed by atoms with Crippen LogP contribution in [-0.4, -0.2) is 35.6 Å². The van der Waals surface area contributed by atoms with Gasteiger partial charge in [0.25, 0.3) is 5.91 Å². The molecule has 1 N–H and O–H groups in total. The van der Waals surface area contributed by atoms with Crippen LogP contribution in [0.25, 0.3) is 0 Å². The zero-order valence-electron chi connectivity index (χ0n) is 15.0. The predicted molar refractivity (Wildman–Crippen MR) is 101 cm³/mol. The number of rotatable bonds is 4. The first-order chi connectivity index (χ1) is 13.5. The maximum absolute atomic E-state index is 12.9. The van der Waals surface area contributed by atoms with Crippen molar-refractivity contribution < 1.29 is 26.4 Å². The lowest BCUT2D eigenvalue weighted by Gasteiger charge is -2.12. The molecule has 1 atom stereocenters. The molecular weight excluding hydrogens is 431 g/mol. The molecule has 156 valence electrons. The smallest absolute Gasteiger partial charge is 0.319 e. The SMILES string of the molecule is O=C(Nc1cc(C(F)(F)F)ccc1Cl)c1cc(C2CC2)n(C2CCS(=O)(=O)C2)n1. The highest BCUT2D eigenvalue weighted by molar-refractivity contribution is 7.91. The second-order valence-corrected chi connectivity index (χ2v) is 10.0. The number of hydrogen-bond acceptors (Lipinski definition) is 4. The summed E-state index contributed by atoms with van der Waals surface area (Å²) in [4.78, 5) is 12.6. The van der Waals surface area contributed by atoms with E-state index >= 15 is 0 Å². The summed E-state index contributed by atoms with van der Waals surface area (Å²) in [5.74, 6) is -0.449. The zero-order chi connectivity index (χ0) is 21.0. The van der Waals surface area contributed by atoms with Gasteiger partial charge in [-0.25, -0.2) is 8.42 Å². The van der Waals surface area contributed by atoms with E-state index in [9.17, 15) is 26.4 Å². The van der Waals surface area contributed by atoms with Gasteiger partial charge in [-0.2, -0.15) is 18.3 Å². The molecule has 1 saturated heterocycles. The van der Waals surface area contributed by atoms with Crippen molar-refractivity contribution in [3.63, 3.8) is 0 Å². The summed E-state index contributed by atoms with van der Waals surface area (Å²) in [7, 11) is -3.13. The molecule has 6 nitrogen and oxygen atoms in total. The minimum Gasteiger partial charge on any atom is -0.319 e. The molecule has 1 aromatic heterocycles. The highest BCUT2D eigenvalue weighted by Gasteiger charge is 2.36. The fourth-order valence-electron chi connectivity index (χ4n) is 3.45. The summed E-state index contributed by atoms with van der Waals surface area (Å²) in [6, 6.07) is 3.91. The molecule has 1 aliphatic heterocycles. The number of nitrogens with one attached hydrogen (secondary N) is 1. The molecule has 1 amide bonds. The summed E-state index contributed by atoms with van der Waals surface area (Å²) in [6.45, 7) is 0. The van der Waals surface area contributed by atoms with E-state index in [0.717, 1.165) is 36.7 Å². The van der Waals surface area contributed by atoms with E-state index in [0.29, 0.717) is 6.42 Å². The summed E-state index contributed by atoms with van der Waals surface area (Å²) in [5.41, 5.74) is -0.299. The van der Waals surface area contributed by atoms with Gasteiger partial charge in [0.15, 0.2) is 15.5 Å². The van der Waals surface area contributed by atoms with Crippen LogP contribution in [0.4, 0.5) is 18.9 Å². The first kappa shape index (κ1) is 20.2. The third-order valence-corrected chi connectivity index (χ3v) is 7.17. The first-order valence-electron chi connectivity index (χ1n) is 9.01. The van der Waals surface area contributed by atoms with Crippen LogP contribution in [0.3, 0.4) is 0 Å². The van der Waals surface area contributed by atoms with Gasteiger partial charge in [-0.05, 0) is 43.5 Å². The van der Waals surface area contributed by atoms with Crippen LogP contribution in [-0.2, 0) is 16.0 Å². The Balaban J connectivity index is 1.61. The van der Waals surface area contributed by atoms with Gasteiger partial charge >= 0.3 is 6.18 Å². The molecule has 0 spiro atoms. The summed E-state index contributed by atoms with van der Waals surface area (Å²) in [6.07, 6.45) is -2.31. The fraction of sp³-hybridized carbons (Fsp3) is 0.444. The van der Waals surface area contributed by atoms with Crippen molar-refractivity contribution in [2.24, 2.45) is 0 Å². The van der Waals surface area contributed by atoms with Crippen molar-refractivity contribution in [3.05, 3.63) is 46.2 Å². The normalized spacial score (nSPS) is 21.3. The number of hydrogen-bond donors (Lipinski definition) is 1. The molecule has 1 unspecified atom stereocenters. The number of alkyl halides is 3. The second-order valence-electron chi connectivity index (χ2n) is 7.38. The Labute approximate surface area is 170 Å². The van der Waals surface area contributed by atoms with Gasteiger partial charge in [0.2, 0.25) is 0 Å². The van der Waals surface area contributed by atoms with Gasteiger partial charge in [-0.3, -0.25) is 9.48 Å². The quantitative estimate of drug-likeness (QED) is 0.766. The molecule has 1 saturated carbocycles. The van der Waals surface area contributed by atoms with E-state index in [1.165, 1.54) is 0 Å². The largest absolute Gasteiger partial charge is 0.416 e. The van der Waals surface area contributed by atoms with E-state index in [-0.39, 0.29) is 39.9 Å². The van der Waals surface area contributed by atoms with E-state index < -0.39 is 27.5 Å². The minimum atomic E-state index is -4.57. The van der Waals surface area contributed by atoms with Crippen LogP contribution < -0.4 is 5.32 Å². The van der Waals surface area contributed by atoms with E-state index in [2.05, 4.69) is 10.4 Å². The van der Waals surface area contributed by atoms with Crippen molar-refractivity contribution in [2.75, 3.05) is 16.8 Å². The lowest BCUT2D eigenvalue weighted by molar-refractivity contribution is -0.137. The average Bonchev–Trinajstić information content (AvgIpc) is 3.26. The minimum absolute atomic E-state index is 0.0182. The monoisotopic (exact) mass is 447 g/mol. The molecule has 11 heteroatoms. The Morgan fingerprint density at radius 1 is 1.21 bits per heavy atom. The molecule has 4 rings (SSSR count). The fourth-order valence-corrected chi connectivity index (χ4v) is 5.31. The van der Waals surface area contributed by atoms with Crippen molar-refractivity contribution in [1.82, 2.24) is 9.78 Å². The Kier molecular flexibility index (Phi) is 4.89. The first-order valence-corrected chi connectivity index (χ1v) is 11.2. The number of halogens is 4. The van der Waals surface area contributed by atoms with E-state index in [4.69, 9.17) is 11.6 Å². The van der Waals surface area contributed by atoms with Crippen molar-refractivity contribution >= 4 is 33.0 Å². The number of nitrogens with zero attached hydrogens (tertiary/aromatic N) is 2. The lowest BCUT2D eigenvalue weighted by atomic mass is 10.2. The lowest BCUT2D eigenvalue weighted by Crippen LogP contribution is -2.17. The molecule has 1 aliphatic carbocycles. The summed E-state index contributed by atoms with van der Waals surface area (Å²) >= 11 is 5.94. The van der Waals surface area contributed by atoms with Gasteiger partial charge in [0.1, 0.15) is 0 Å². The number of benzene rings is 1. The Hall–Kier alpha value is -2.07. The Bertz CT molecular complexity index is 1080. The number of carbonyl (C=O) groups excluding carboxylic acids is 1. The van der Waals surface area contributed by atoms with E-state index in [1.54, 1.807) is 10.7 Å². The number of carbonyl (C=O) groups is 1. The molecule has 2 aromatic rings. The van der Waals surface area contributed by atoms with Gasteiger partial charge in [0, 0.05) is 11.6 Å². The number of sulfone groups is 1. The van der Waals surface area contributed by atoms with Gasteiger partial charge in [-0.1, -0.05) is 11.6 Å². The van der Waals surface area contributed by atoms with Crippen molar-refractivity contribution in [3.8, 4) is 0 Å². The topological polar surface area (TPSA) is 81.1 Å². The molecular formula is C18H17ClF3N3O3S. The number of aromatic nitrogens is 2. The highest BCUT2D eigenvalue weighted by atomic mass is 35.5. The standard InChI is InChI=1S/C18H17ClF3N3O3S/c19-13-4-3-11(18(20,21)22)7-14(13)23-17(26)15-8-16(10-1-2-10)25(24-15)12-5-6-29(27,28)9-12/h3-4,7-8,10,12H,1-2,5-6,9H2,(H,23,26). The predicted octanol–water partition coefficient (Wildman–Crippen LogP) is 4.04. The van der Waals surface area contributed by atoms with Crippen LogP contribution in [0.15, 0.2) is 24.3 Å². The van der Waals surface area contributed by atoms with Crippen LogP contribution in [0.5, 0.6) is 0 Å². The average molecular weight is 448 g/mol. The van der Waals surface area contributed by atoms with E-state index in [1.807, 2.05) is 0 Å². The second kappa shape index (κ2) is 7.02. The molecule has 2 aliphatic rings. The molecule has 0 bridgehead atoms. The van der Waals surface area contributed by atoms with Gasteiger partial charge < -0.3 is 5.32 Å². The maximum Gasteiger partial charge on any atom is 0.416 e. The third kappa shape index (κ3) is 4.28. The zero-order valence-corrected chi connectivity index (χ0v) is 16.6. The molecule has 2 heterocycles. The van der Waals surface area contributed by atoms with Gasteiger partial charge in [0.05, 0.1) is 33.8 Å². The molecule has 29 heavy (non-hydrogen) atoms. The Morgan fingerprint density at radius 3 is 2.52 bits per heavy atom. The Morgan fingerprint density at radius 2 is 1.93 bits per heavy atom. The highest BCUT2D eigenvalue weighted by Crippen LogP contribution is 2.42. The molecule has 0 radical (unpaired) electrons. The third-order valence-electron chi connectivity index (χ3n) is 5.09. The van der Waals surface area contributed by atoms with Crippen molar-refractivity contribution in [1.29, 1.82) is 0 Å². The number of anilines is 1. The van der Waals surface area contributed by atoms with Crippen LogP contribution >= 0.6 is 11.6 Å². The van der Waals surface area contributed by atoms with Crippen LogP contribution in [0.1, 0.15) is 53.0 Å². The molecule has 1 aromatic carbocycles. The summed E-state index contributed by atoms with van der Waals surface area (Å²) in [5, 5.41) is 6.64. The van der Waals surface area contributed by atoms with Crippen molar-refractivity contribution in [2.45, 2.75) is 37.4 Å². The van der Waals surface area contributed by atoms with Gasteiger partial charge in [-0.15, -0.1) is 0 Å². The van der Waals surface area contributed by atoms with Crippen LogP contribution in [0, 0.1) is 0 Å².